The molecular weight excluding hydrogens is 252 g/mol. The summed E-state index contributed by atoms with van der Waals surface area (Å²) in [5.74, 6) is -0.155. The molecule has 1 amide bonds. The van der Waals surface area contributed by atoms with E-state index in [1.54, 1.807) is 25.1 Å². The molecule has 1 aromatic rings. The third-order valence-electron chi connectivity index (χ3n) is 3.29. The summed E-state index contributed by atoms with van der Waals surface area (Å²) >= 11 is 0. The first kappa shape index (κ1) is 14.8. The summed E-state index contributed by atoms with van der Waals surface area (Å²) in [6, 6.07) is 5.50. The molecule has 0 unspecified atom stereocenters. The van der Waals surface area contributed by atoms with Crippen LogP contribution >= 0.6 is 12.4 Å². The third-order valence-corrected chi connectivity index (χ3v) is 3.29. The number of aryl methyl sites for hydroxylation is 1. The van der Waals surface area contributed by atoms with Crippen LogP contribution in [0.5, 0.6) is 5.75 Å². The Labute approximate surface area is 113 Å². The Hall–Kier alpha value is -1.26. The van der Waals surface area contributed by atoms with Crippen LogP contribution in [0.15, 0.2) is 18.2 Å². The largest absolute Gasteiger partial charge is 0.507 e. The lowest BCUT2D eigenvalue weighted by molar-refractivity contribution is 0.0935. The molecule has 1 aliphatic carbocycles. The molecular formula is C13H19ClN2O2. The molecule has 1 fully saturated rings. The Morgan fingerprint density at radius 2 is 2.17 bits per heavy atom. The maximum atomic E-state index is 12.0. The van der Waals surface area contributed by atoms with E-state index >= 15 is 0 Å². The number of nitrogens with two attached hydrogens (primary N) is 1. The Kier molecular flexibility index (Phi) is 4.99. The first-order chi connectivity index (χ1) is 8.08. The number of hydrogen-bond donors (Lipinski definition) is 3. The predicted molar refractivity (Wildman–Crippen MR) is 73.2 cm³/mol. The van der Waals surface area contributed by atoms with E-state index in [0.29, 0.717) is 11.1 Å². The Balaban J connectivity index is 0.00000162. The van der Waals surface area contributed by atoms with Gasteiger partial charge >= 0.3 is 0 Å². The van der Waals surface area contributed by atoms with Gasteiger partial charge in [0.1, 0.15) is 5.75 Å². The zero-order valence-corrected chi connectivity index (χ0v) is 11.2. The molecule has 4 nitrogen and oxygen atoms in total. The number of benzene rings is 1. The monoisotopic (exact) mass is 270 g/mol. The fourth-order valence-corrected chi connectivity index (χ4v) is 2.25. The van der Waals surface area contributed by atoms with Crippen molar-refractivity contribution in [3.05, 3.63) is 29.3 Å². The Morgan fingerprint density at radius 3 is 2.78 bits per heavy atom. The molecule has 0 saturated heterocycles. The van der Waals surface area contributed by atoms with E-state index in [9.17, 15) is 9.90 Å². The molecule has 2 rings (SSSR count). The highest BCUT2D eigenvalue weighted by Crippen LogP contribution is 2.23. The quantitative estimate of drug-likeness (QED) is 0.766. The molecule has 0 aliphatic heterocycles. The van der Waals surface area contributed by atoms with Gasteiger partial charge in [0, 0.05) is 12.1 Å². The van der Waals surface area contributed by atoms with Crippen LogP contribution in [-0.2, 0) is 0 Å². The minimum atomic E-state index is -0.217. The van der Waals surface area contributed by atoms with E-state index in [-0.39, 0.29) is 36.1 Å². The average Bonchev–Trinajstić information content (AvgIpc) is 2.68. The molecule has 0 heterocycles. The van der Waals surface area contributed by atoms with Gasteiger partial charge in [-0.2, -0.15) is 0 Å². The van der Waals surface area contributed by atoms with Gasteiger partial charge in [0.05, 0.1) is 5.56 Å². The zero-order chi connectivity index (χ0) is 12.4. The summed E-state index contributed by atoms with van der Waals surface area (Å²) < 4.78 is 0. The number of hydrogen-bond acceptors (Lipinski definition) is 3. The second kappa shape index (κ2) is 6.07. The van der Waals surface area contributed by atoms with Crippen LogP contribution < -0.4 is 11.1 Å². The van der Waals surface area contributed by atoms with Crippen molar-refractivity contribution in [2.45, 2.75) is 38.3 Å². The first-order valence-electron chi connectivity index (χ1n) is 5.93. The van der Waals surface area contributed by atoms with Crippen molar-refractivity contribution in [3.63, 3.8) is 0 Å². The SMILES string of the molecule is Cc1cccc(C(=O)N[C@@H]2CC[C@@H](N)C2)c1O.Cl. The van der Waals surface area contributed by atoms with Gasteiger partial charge in [-0.25, -0.2) is 0 Å². The molecule has 4 N–H and O–H groups in total. The second-order valence-corrected chi connectivity index (χ2v) is 4.71. The Morgan fingerprint density at radius 1 is 1.44 bits per heavy atom. The van der Waals surface area contributed by atoms with Crippen molar-refractivity contribution in [2.24, 2.45) is 5.73 Å². The van der Waals surface area contributed by atoms with Crippen LogP contribution in [0.4, 0.5) is 0 Å². The number of rotatable bonds is 2. The van der Waals surface area contributed by atoms with Gasteiger partial charge in [-0.15, -0.1) is 12.4 Å². The molecule has 0 aromatic heterocycles. The van der Waals surface area contributed by atoms with Crippen LogP contribution in [0, 0.1) is 6.92 Å². The molecule has 0 bridgehead atoms. The van der Waals surface area contributed by atoms with E-state index in [4.69, 9.17) is 5.73 Å². The van der Waals surface area contributed by atoms with Crippen LogP contribution in [0.1, 0.15) is 35.2 Å². The minimum absolute atomic E-state index is 0. The van der Waals surface area contributed by atoms with Gasteiger partial charge < -0.3 is 16.2 Å². The smallest absolute Gasteiger partial charge is 0.255 e. The molecule has 1 aliphatic rings. The highest BCUT2D eigenvalue weighted by atomic mass is 35.5. The van der Waals surface area contributed by atoms with Gasteiger partial charge in [0.15, 0.2) is 0 Å². The molecule has 1 aromatic carbocycles. The lowest BCUT2D eigenvalue weighted by Gasteiger charge is -2.13. The Bertz CT molecular complexity index is 437. The number of aromatic hydroxyl groups is 1. The molecule has 5 heteroatoms. The molecule has 100 valence electrons. The zero-order valence-electron chi connectivity index (χ0n) is 10.3. The van der Waals surface area contributed by atoms with Crippen LogP contribution in [0.2, 0.25) is 0 Å². The summed E-state index contributed by atoms with van der Waals surface area (Å²) in [6.45, 7) is 1.78. The molecule has 0 spiro atoms. The van der Waals surface area contributed by atoms with E-state index in [2.05, 4.69) is 5.32 Å². The van der Waals surface area contributed by atoms with E-state index in [1.165, 1.54) is 0 Å². The third kappa shape index (κ3) is 3.15. The number of phenolic OH excluding ortho intramolecular Hbond substituents is 1. The fraction of sp³-hybridized carbons (Fsp3) is 0.462. The second-order valence-electron chi connectivity index (χ2n) is 4.71. The highest BCUT2D eigenvalue weighted by Gasteiger charge is 2.24. The summed E-state index contributed by atoms with van der Waals surface area (Å²) in [7, 11) is 0. The molecule has 18 heavy (non-hydrogen) atoms. The van der Waals surface area contributed by atoms with Gasteiger partial charge in [0.2, 0.25) is 0 Å². The summed E-state index contributed by atoms with van der Waals surface area (Å²) in [5.41, 5.74) is 6.84. The van der Waals surface area contributed by atoms with Crippen molar-refractivity contribution < 1.29 is 9.90 Å². The average molecular weight is 271 g/mol. The lowest BCUT2D eigenvalue weighted by atomic mass is 10.1. The predicted octanol–water partition coefficient (Wildman–Crippen LogP) is 1.73. The topological polar surface area (TPSA) is 75.4 Å². The summed E-state index contributed by atoms with van der Waals surface area (Å²) in [4.78, 5) is 12.0. The van der Waals surface area contributed by atoms with Crippen molar-refractivity contribution in [1.29, 1.82) is 0 Å². The molecule has 2 atom stereocenters. The van der Waals surface area contributed by atoms with Crippen LogP contribution in [0.3, 0.4) is 0 Å². The standard InChI is InChI=1S/C13H18N2O2.ClH/c1-8-3-2-4-11(12(8)16)13(17)15-10-6-5-9(14)7-10;/h2-4,9-10,16H,5-7,14H2,1H3,(H,15,17);1H/t9-,10-;/m1./s1. The summed E-state index contributed by atoms with van der Waals surface area (Å²) in [6.07, 6.45) is 2.68. The number of amides is 1. The first-order valence-corrected chi connectivity index (χ1v) is 5.93. The maximum absolute atomic E-state index is 12.0. The normalized spacial score (nSPS) is 22.3. The number of nitrogens with one attached hydrogen (secondary N) is 1. The van der Waals surface area contributed by atoms with Crippen LogP contribution in [0.25, 0.3) is 0 Å². The molecule has 1 saturated carbocycles. The minimum Gasteiger partial charge on any atom is -0.507 e. The van der Waals surface area contributed by atoms with Gasteiger partial charge in [0.25, 0.3) is 5.91 Å². The van der Waals surface area contributed by atoms with Crippen LogP contribution in [-0.4, -0.2) is 23.1 Å². The number of para-hydroxylation sites is 1. The number of carbonyl (C=O) groups is 1. The van der Waals surface area contributed by atoms with Crippen molar-refractivity contribution >= 4 is 18.3 Å². The van der Waals surface area contributed by atoms with Gasteiger partial charge in [-0.05, 0) is 37.8 Å². The lowest BCUT2D eigenvalue weighted by Crippen LogP contribution is -2.34. The van der Waals surface area contributed by atoms with E-state index < -0.39 is 0 Å². The van der Waals surface area contributed by atoms with E-state index in [0.717, 1.165) is 19.3 Å². The van der Waals surface area contributed by atoms with Crippen molar-refractivity contribution in [3.8, 4) is 5.75 Å². The summed E-state index contributed by atoms with van der Waals surface area (Å²) in [5, 5.41) is 12.7. The van der Waals surface area contributed by atoms with Crippen molar-refractivity contribution in [2.75, 3.05) is 0 Å². The van der Waals surface area contributed by atoms with Gasteiger partial charge in [-0.1, -0.05) is 12.1 Å². The number of phenols is 1. The van der Waals surface area contributed by atoms with Gasteiger partial charge in [-0.3, -0.25) is 4.79 Å². The highest BCUT2D eigenvalue weighted by molar-refractivity contribution is 5.97. The fourth-order valence-electron chi connectivity index (χ4n) is 2.25. The molecule has 0 radical (unpaired) electrons. The maximum Gasteiger partial charge on any atom is 0.255 e. The number of halogens is 1. The number of carbonyl (C=O) groups excluding carboxylic acids is 1. The van der Waals surface area contributed by atoms with Crippen molar-refractivity contribution in [1.82, 2.24) is 5.32 Å². The van der Waals surface area contributed by atoms with E-state index in [1.807, 2.05) is 0 Å².